The molecule has 0 saturated carbocycles. The monoisotopic (exact) mass is 262 g/mol. The molecule has 2 rings (SSSR count). The summed E-state index contributed by atoms with van der Waals surface area (Å²) in [6.45, 7) is 1.94. The lowest BCUT2D eigenvalue weighted by molar-refractivity contribution is 0.112. The topological polar surface area (TPSA) is 26.3 Å². The van der Waals surface area contributed by atoms with Gasteiger partial charge in [0.2, 0.25) is 5.82 Å². The van der Waals surface area contributed by atoms with Gasteiger partial charge in [0.25, 0.3) is 0 Å². The average Bonchev–Trinajstić information content (AvgIpc) is 2.44. The summed E-state index contributed by atoms with van der Waals surface area (Å²) in [6, 6.07) is 9.22. The van der Waals surface area contributed by atoms with Gasteiger partial charge in [-0.2, -0.15) is 4.39 Å². The van der Waals surface area contributed by atoms with E-state index in [9.17, 15) is 13.6 Å². The van der Waals surface area contributed by atoms with Crippen LogP contribution in [0.4, 0.5) is 8.78 Å². The summed E-state index contributed by atoms with van der Waals surface area (Å²) in [6.07, 6.45) is 0.614. The minimum Gasteiger partial charge on any atom is -0.491 e. The Labute approximate surface area is 109 Å². The summed E-state index contributed by atoms with van der Waals surface area (Å²) in [5.41, 5.74) is 0.713. The van der Waals surface area contributed by atoms with E-state index in [0.717, 1.165) is 0 Å². The lowest BCUT2D eigenvalue weighted by Gasteiger charge is -2.10. The first-order valence-electron chi connectivity index (χ1n) is 5.84. The fourth-order valence-corrected chi connectivity index (χ4v) is 1.85. The third kappa shape index (κ3) is 2.47. The van der Waals surface area contributed by atoms with Crippen LogP contribution in [0.15, 0.2) is 36.4 Å². The van der Waals surface area contributed by atoms with E-state index in [1.54, 1.807) is 31.2 Å². The molecule has 0 aliphatic rings. The van der Waals surface area contributed by atoms with Gasteiger partial charge in [-0.1, -0.05) is 24.3 Å². The van der Waals surface area contributed by atoms with Crippen LogP contribution < -0.4 is 4.74 Å². The molecule has 0 heterocycles. The maximum Gasteiger partial charge on any atom is 0.201 e. The van der Waals surface area contributed by atoms with Crippen molar-refractivity contribution in [1.29, 1.82) is 0 Å². The van der Waals surface area contributed by atoms with Gasteiger partial charge in [0.05, 0.1) is 6.61 Å². The highest BCUT2D eigenvalue weighted by Crippen LogP contribution is 2.31. The van der Waals surface area contributed by atoms with Crippen LogP contribution in [0.5, 0.6) is 5.75 Å². The summed E-state index contributed by atoms with van der Waals surface area (Å²) in [5.74, 6) is -2.19. The first kappa shape index (κ1) is 13.2. The minimum atomic E-state index is -1.04. The number of hydrogen-bond donors (Lipinski definition) is 0. The number of hydrogen-bond acceptors (Lipinski definition) is 2. The van der Waals surface area contributed by atoms with E-state index in [2.05, 4.69) is 0 Å². The highest BCUT2D eigenvalue weighted by Gasteiger charge is 2.17. The van der Waals surface area contributed by atoms with E-state index >= 15 is 0 Å². The van der Waals surface area contributed by atoms with E-state index < -0.39 is 11.6 Å². The van der Waals surface area contributed by atoms with Crippen LogP contribution in [0.1, 0.15) is 17.3 Å². The van der Waals surface area contributed by atoms with Gasteiger partial charge in [-0.3, -0.25) is 4.79 Å². The summed E-state index contributed by atoms with van der Waals surface area (Å²) in [4.78, 5) is 10.9. The molecule has 0 aliphatic heterocycles. The number of ether oxygens (including phenoxy) is 1. The fraction of sp³-hybridized carbons (Fsp3) is 0.133. The maximum atomic E-state index is 14.0. The Morgan fingerprint density at radius 2 is 1.79 bits per heavy atom. The predicted octanol–water partition coefficient (Wildman–Crippen LogP) is 3.84. The number of carbonyl (C=O) groups excluding carboxylic acids is 1. The van der Waals surface area contributed by atoms with Crippen molar-refractivity contribution in [3.63, 3.8) is 0 Å². The molecule has 0 radical (unpaired) electrons. The van der Waals surface area contributed by atoms with Crippen LogP contribution in [0, 0.1) is 11.6 Å². The minimum absolute atomic E-state index is 0.0450. The molecule has 0 aliphatic carbocycles. The molecule has 2 nitrogen and oxygen atoms in total. The van der Waals surface area contributed by atoms with E-state index in [-0.39, 0.29) is 17.9 Å². The predicted molar refractivity (Wildman–Crippen MR) is 68.4 cm³/mol. The van der Waals surface area contributed by atoms with Gasteiger partial charge in [0.15, 0.2) is 17.9 Å². The SMILES string of the molecule is CCOc1ccc(-c2ccccc2C=O)c(F)c1F. The van der Waals surface area contributed by atoms with E-state index in [1.165, 1.54) is 12.1 Å². The molecule has 0 atom stereocenters. The van der Waals surface area contributed by atoms with Crippen molar-refractivity contribution in [2.24, 2.45) is 0 Å². The first-order chi connectivity index (χ1) is 9.19. The van der Waals surface area contributed by atoms with Crippen molar-refractivity contribution >= 4 is 6.29 Å². The molecule has 2 aromatic carbocycles. The highest BCUT2D eigenvalue weighted by atomic mass is 19.2. The molecule has 0 N–H and O–H groups in total. The molecule has 19 heavy (non-hydrogen) atoms. The first-order valence-corrected chi connectivity index (χ1v) is 5.84. The molecule has 0 unspecified atom stereocenters. The van der Waals surface area contributed by atoms with Crippen molar-refractivity contribution in [3.05, 3.63) is 53.6 Å². The number of halogens is 2. The smallest absolute Gasteiger partial charge is 0.201 e. The lowest BCUT2D eigenvalue weighted by Crippen LogP contribution is -1.99. The molecule has 0 saturated heterocycles. The van der Waals surface area contributed by atoms with Crippen LogP contribution in [0.2, 0.25) is 0 Å². The molecule has 0 bridgehead atoms. The zero-order valence-electron chi connectivity index (χ0n) is 10.3. The molecule has 0 aromatic heterocycles. The van der Waals surface area contributed by atoms with Crippen LogP contribution >= 0.6 is 0 Å². The molecule has 0 amide bonds. The van der Waals surface area contributed by atoms with Crippen molar-refractivity contribution in [1.82, 2.24) is 0 Å². The number of rotatable bonds is 4. The quantitative estimate of drug-likeness (QED) is 0.782. The fourth-order valence-electron chi connectivity index (χ4n) is 1.85. The van der Waals surface area contributed by atoms with Crippen LogP contribution in [0.3, 0.4) is 0 Å². The van der Waals surface area contributed by atoms with Crippen molar-refractivity contribution in [2.45, 2.75) is 6.92 Å². The molecule has 4 heteroatoms. The van der Waals surface area contributed by atoms with Gasteiger partial charge in [-0.25, -0.2) is 4.39 Å². The van der Waals surface area contributed by atoms with E-state index in [4.69, 9.17) is 4.74 Å². The summed E-state index contributed by atoms with van der Waals surface area (Å²) in [5, 5.41) is 0. The van der Waals surface area contributed by atoms with Gasteiger partial charge in [-0.05, 0) is 24.6 Å². The third-order valence-corrected chi connectivity index (χ3v) is 2.72. The van der Waals surface area contributed by atoms with Crippen LogP contribution in [-0.4, -0.2) is 12.9 Å². The van der Waals surface area contributed by atoms with Crippen molar-refractivity contribution in [2.75, 3.05) is 6.61 Å². The van der Waals surface area contributed by atoms with Crippen molar-refractivity contribution in [3.8, 4) is 16.9 Å². The Kier molecular flexibility index (Phi) is 3.90. The zero-order valence-corrected chi connectivity index (χ0v) is 10.3. The molecular weight excluding hydrogens is 250 g/mol. The average molecular weight is 262 g/mol. The molecule has 0 fully saturated rings. The summed E-state index contributed by atoms with van der Waals surface area (Å²) >= 11 is 0. The Balaban J connectivity index is 2.57. The van der Waals surface area contributed by atoms with Gasteiger partial charge in [-0.15, -0.1) is 0 Å². The second-order valence-electron chi connectivity index (χ2n) is 3.88. The second kappa shape index (κ2) is 5.61. The Morgan fingerprint density at radius 1 is 1.05 bits per heavy atom. The second-order valence-corrected chi connectivity index (χ2v) is 3.88. The van der Waals surface area contributed by atoms with Gasteiger partial charge >= 0.3 is 0 Å². The Bertz CT molecular complexity index is 609. The Hall–Kier alpha value is -2.23. The maximum absolute atomic E-state index is 14.0. The lowest BCUT2D eigenvalue weighted by atomic mass is 9.99. The van der Waals surface area contributed by atoms with Crippen LogP contribution in [-0.2, 0) is 0 Å². The standard InChI is InChI=1S/C15H12F2O2/c1-2-19-13-8-7-12(14(16)15(13)17)11-6-4-3-5-10(11)9-18/h3-9H,2H2,1H3. The summed E-state index contributed by atoms with van der Waals surface area (Å²) < 4.78 is 32.8. The number of aldehydes is 1. The van der Waals surface area contributed by atoms with Crippen molar-refractivity contribution < 1.29 is 18.3 Å². The molecule has 2 aromatic rings. The highest BCUT2D eigenvalue weighted by molar-refractivity contribution is 5.87. The van der Waals surface area contributed by atoms with E-state index in [0.29, 0.717) is 17.4 Å². The van der Waals surface area contributed by atoms with Gasteiger partial charge < -0.3 is 4.74 Å². The largest absolute Gasteiger partial charge is 0.491 e. The third-order valence-electron chi connectivity index (χ3n) is 2.72. The number of benzene rings is 2. The van der Waals surface area contributed by atoms with Gasteiger partial charge in [0, 0.05) is 11.1 Å². The normalized spacial score (nSPS) is 10.3. The number of carbonyl (C=O) groups is 1. The van der Waals surface area contributed by atoms with Gasteiger partial charge in [0.1, 0.15) is 0 Å². The zero-order chi connectivity index (χ0) is 13.8. The van der Waals surface area contributed by atoms with Crippen LogP contribution in [0.25, 0.3) is 11.1 Å². The van der Waals surface area contributed by atoms with E-state index in [1.807, 2.05) is 0 Å². The molecule has 98 valence electrons. The summed E-state index contributed by atoms with van der Waals surface area (Å²) in [7, 11) is 0. The molecule has 0 spiro atoms. The molecular formula is C15H12F2O2. The Morgan fingerprint density at radius 3 is 2.47 bits per heavy atom.